The molecule has 2 fully saturated rings. The summed E-state index contributed by atoms with van der Waals surface area (Å²) >= 11 is 0. The van der Waals surface area contributed by atoms with Crippen LogP contribution in [0.1, 0.15) is 43.0 Å². The highest BCUT2D eigenvalue weighted by atomic mass is 16.2. The smallest absolute Gasteiger partial charge is 0.229 e. The summed E-state index contributed by atoms with van der Waals surface area (Å²) in [6.45, 7) is 7.83. The highest BCUT2D eigenvalue weighted by Crippen LogP contribution is 2.69. The largest absolute Gasteiger partial charge is 0.333 e. The Bertz CT molecular complexity index is 606. The van der Waals surface area contributed by atoms with Gasteiger partial charge in [-0.25, -0.2) is 0 Å². The number of fused-ring (bicyclic) bond motifs is 1. The second-order valence-corrected chi connectivity index (χ2v) is 7.29. The summed E-state index contributed by atoms with van der Waals surface area (Å²) in [5, 5.41) is 3.41. The van der Waals surface area contributed by atoms with Gasteiger partial charge < -0.3 is 10.2 Å². The maximum atomic E-state index is 13.0. The number of hydrogen-bond acceptors (Lipinski definition) is 3. The summed E-state index contributed by atoms with van der Waals surface area (Å²) < 4.78 is 0. The second-order valence-electron chi connectivity index (χ2n) is 7.29. The van der Waals surface area contributed by atoms with E-state index in [-0.39, 0.29) is 10.8 Å². The number of carbonyl (C=O) groups is 1. The van der Waals surface area contributed by atoms with Crippen molar-refractivity contribution in [1.82, 2.24) is 15.2 Å². The van der Waals surface area contributed by atoms with Gasteiger partial charge in [0.15, 0.2) is 0 Å². The third kappa shape index (κ3) is 1.85. The third-order valence-corrected chi connectivity index (χ3v) is 6.00. The van der Waals surface area contributed by atoms with Gasteiger partial charge in [0.05, 0.1) is 5.41 Å². The van der Waals surface area contributed by atoms with Crippen LogP contribution in [0.25, 0.3) is 0 Å². The molecule has 1 aliphatic carbocycles. The predicted molar refractivity (Wildman–Crippen MR) is 80.5 cm³/mol. The molecular weight excluding hydrogens is 262 g/mol. The van der Waals surface area contributed by atoms with Gasteiger partial charge in [0.1, 0.15) is 0 Å². The van der Waals surface area contributed by atoms with E-state index in [0.717, 1.165) is 51.1 Å². The molecule has 3 aliphatic rings. The van der Waals surface area contributed by atoms with Crippen molar-refractivity contribution in [1.29, 1.82) is 0 Å². The van der Waals surface area contributed by atoms with E-state index < -0.39 is 0 Å². The topological polar surface area (TPSA) is 45.2 Å². The maximum absolute atomic E-state index is 13.0. The fourth-order valence-electron chi connectivity index (χ4n) is 4.46. The number of aromatic nitrogens is 1. The molecule has 1 saturated heterocycles. The van der Waals surface area contributed by atoms with E-state index in [0.29, 0.717) is 5.91 Å². The zero-order valence-corrected chi connectivity index (χ0v) is 12.9. The Morgan fingerprint density at radius 1 is 1.29 bits per heavy atom. The van der Waals surface area contributed by atoms with Crippen LogP contribution in [0.4, 0.5) is 0 Å². The fraction of sp³-hybridized carbons (Fsp3) is 0.647. The zero-order valence-electron chi connectivity index (χ0n) is 12.9. The van der Waals surface area contributed by atoms with E-state index in [4.69, 9.17) is 0 Å². The van der Waals surface area contributed by atoms with Gasteiger partial charge in [0.25, 0.3) is 0 Å². The number of hydrogen-bond donors (Lipinski definition) is 1. The molecule has 3 heterocycles. The highest BCUT2D eigenvalue weighted by Gasteiger charge is 2.68. The number of aryl methyl sites for hydroxylation is 1. The molecule has 0 radical (unpaired) electrons. The number of amides is 1. The van der Waals surface area contributed by atoms with E-state index in [1.165, 1.54) is 11.1 Å². The van der Waals surface area contributed by atoms with E-state index in [1.807, 2.05) is 18.0 Å². The molecule has 21 heavy (non-hydrogen) atoms. The van der Waals surface area contributed by atoms with Gasteiger partial charge in [-0.05, 0) is 61.9 Å². The van der Waals surface area contributed by atoms with Crippen molar-refractivity contribution in [3.63, 3.8) is 0 Å². The maximum Gasteiger partial charge on any atom is 0.229 e. The number of pyridine rings is 1. The summed E-state index contributed by atoms with van der Waals surface area (Å²) in [6, 6.07) is 2.12. The molecule has 1 aromatic rings. The van der Waals surface area contributed by atoms with Crippen LogP contribution in [0.5, 0.6) is 0 Å². The van der Waals surface area contributed by atoms with Gasteiger partial charge in [-0.3, -0.25) is 9.78 Å². The van der Waals surface area contributed by atoms with Crippen LogP contribution < -0.4 is 5.32 Å². The first-order chi connectivity index (χ1) is 10.0. The van der Waals surface area contributed by atoms with E-state index in [1.54, 1.807) is 0 Å². The van der Waals surface area contributed by atoms with Gasteiger partial charge in [-0.15, -0.1) is 0 Å². The van der Waals surface area contributed by atoms with E-state index in [2.05, 4.69) is 23.3 Å². The monoisotopic (exact) mass is 285 g/mol. The highest BCUT2D eigenvalue weighted by molar-refractivity contribution is 5.87. The lowest BCUT2D eigenvalue weighted by molar-refractivity contribution is -0.138. The Balaban J connectivity index is 1.53. The molecule has 0 aromatic carbocycles. The van der Waals surface area contributed by atoms with Crippen molar-refractivity contribution in [2.24, 2.45) is 10.8 Å². The van der Waals surface area contributed by atoms with Crippen molar-refractivity contribution in [2.45, 2.75) is 46.2 Å². The minimum Gasteiger partial charge on any atom is -0.333 e. The Kier molecular flexibility index (Phi) is 2.71. The Morgan fingerprint density at radius 2 is 2.00 bits per heavy atom. The minimum atomic E-state index is -0.125. The molecule has 4 nitrogen and oxygen atoms in total. The fourth-order valence-corrected chi connectivity index (χ4v) is 4.46. The number of piperidine rings is 1. The van der Waals surface area contributed by atoms with Crippen molar-refractivity contribution < 1.29 is 4.79 Å². The van der Waals surface area contributed by atoms with Gasteiger partial charge in [-0.2, -0.15) is 0 Å². The molecule has 112 valence electrons. The molecule has 0 bridgehead atoms. The molecule has 2 aliphatic heterocycles. The molecular formula is C17H23N3O. The first kappa shape index (κ1) is 13.3. The lowest BCUT2D eigenvalue weighted by Gasteiger charge is -2.29. The molecule has 1 spiro atoms. The van der Waals surface area contributed by atoms with Gasteiger partial charge in [0.2, 0.25) is 5.91 Å². The molecule has 4 heteroatoms. The molecule has 1 saturated carbocycles. The van der Waals surface area contributed by atoms with Crippen LogP contribution in [0, 0.1) is 17.8 Å². The summed E-state index contributed by atoms with van der Waals surface area (Å²) in [5.74, 6) is 0.359. The minimum absolute atomic E-state index is 0.125. The van der Waals surface area contributed by atoms with Crippen molar-refractivity contribution in [2.75, 3.05) is 13.1 Å². The third-order valence-electron chi connectivity index (χ3n) is 6.00. The van der Waals surface area contributed by atoms with Crippen LogP contribution in [0.3, 0.4) is 0 Å². The van der Waals surface area contributed by atoms with Crippen LogP contribution >= 0.6 is 0 Å². The molecule has 1 unspecified atom stereocenters. The SMILES string of the molecule is Cc1cc2c(cn1)CN(C(=O)C1(C)CC13CCNCC3)C2. The van der Waals surface area contributed by atoms with E-state index in [9.17, 15) is 4.79 Å². The van der Waals surface area contributed by atoms with Gasteiger partial charge >= 0.3 is 0 Å². The summed E-state index contributed by atoms with van der Waals surface area (Å²) in [7, 11) is 0. The average Bonchev–Trinajstić information content (AvgIpc) is 2.85. The van der Waals surface area contributed by atoms with E-state index >= 15 is 0 Å². The first-order valence-corrected chi connectivity index (χ1v) is 7.99. The van der Waals surface area contributed by atoms with Crippen molar-refractivity contribution in [3.05, 3.63) is 29.1 Å². The van der Waals surface area contributed by atoms with Crippen LogP contribution in [0.2, 0.25) is 0 Å². The van der Waals surface area contributed by atoms with Crippen LogP contribution in [-0.2, 0) is 17.9 Å². The first-order valence-electron chi connectivity index (χ1n) is 7.99. The lowest BCUT2D eigenvalue weighted by Crippen LogP contribution is -2.38. The molecule has 1 aromatic heterocycles. The summed E-state index contributed by atoms with van der Waals surface area (Å²) in [6.07, 6.45) is 5.31. The number of nitrogens with one attached hydrogen (secondary N) is 1. The van der Waals surface area contributed by atoms with Crippen molar-refractivity contribution in [3.8, 4) is 0 Å². The Hall–Kier alpha value is -1.42. The van der Waals surface area contributed by atoms with Gasteiger partial charge in [-0.1, -0.05) is 6.92 Å². The predicted octanol–water partition coefficient (Wildman–Crippen LogP) is 2.01. The molecule has 1 atom stereocenters. The Labute approximate surface area is 125 Å². The second kappa shape index (κ2) is 4.29. The van der Waals surface area contributed by atoms with Gasteiger partial charge in [0, 0.05) is 25.0 Å². The van der Waals surface area contributed by atoms with Crippen molar-refractivity contribution >= 4 is 5.91 Å². The number of rotatable bonds is 1. The molecule has 4 rings (SSSR count). The standard InChI is InChI=1S/C17H23N3O/c1-12-7-13-9-20(10-14(13)8-19-12)15(21)16(2)11-17(16)3-5-18-6-4-17/h7-8,18H,3-6,9-11H2,1-2H3. The number of nitrogens with zero attached hydrogens (tertiary/aromatic N) is 2. The summed E-state index contributed by atoms with van der Waals surface area (Å²) in [4.78, 5) is 19.4. The number of carbonyl (C=O) groups excluding carboxylic acids is 1. The molecule has 1 amide bonds. The summed E-state index contributed by atoms with van der Waals surface area (Å²) in [5.41, 5.74) is 3.69. The van der Waals surface area contributed by atoms with Crippen LogP contribution in [0.15, 0.2) is 12.3 Å². The zero-order chi connectivity index (χ0) is 14.7. The quantitative estimate of drug-likeness (QED) is 0.858. The normalized spacial score (nSPS) is 29.5. The Morgan fingerprint density at radius 3 is 2.76 bits per heavy atom. The van der Waals surface area contributed by atoms with Crippen LogP contribution in [-0.4, -0.2) is 28.9 Å². The average molecular weight is 285 g/mol. The molecule has 1 N–H and O–H groups in total. The lowest BCUT2D eigenvalue weighted by atomic mass is 9.85.